The van der Waals surface area contributed by atoms with Gasteiger partial charge in [-0.15, -0.1) is 0 Å². The van der Waals surface area contributed by atoms with Crippen LogP contribution in [0.2, 0.25) is 5.02 Å². The van der Waals surface area contributed by atoms with Gasteiger partial charge in [0.1, 0.15) is 0 Å². The van der Waals surface area contributed by atoms with Crippen molar-refractivity contribution < 1.29 is 9.53 Å². The second-order valence-corrected chi connectivity index (χ2v) is 5.11. The maximum absolute atomic E-state index is 12.3. The minimum Gasteiger partial charge on any atom is -0.397 e. The van der Waals surface area contributed by atoms with E-state index in [0.717, 1.165) is 6.42 Å². The number of benzene rings is 1. The van der Waals surface area contributed by atoms with Gasteiger partial charge in [-0.1, -0.05) is 11.6 Å². The van der Waals surface area contributed by atoms with E-state index in [0.29, 0.717) is 23.0 Å². The van der Waals surface area contributed by atoms with Crippen molar-refractivity contribution in [1.82, 2.24) is 0 Å². The molecule has 98 valence electrons. The van der Waals surface area contributed by atoms with E-state index in [2.05, 4.69) is 0 Å². The largest absolute Gasteiger partial charge is 0.397 e. The van der Waals surface area contributed by atoms with Crippen LogP contribution < -0.4 is 10.6 Å². The van der Waals surface area contributed by atoms with Crippen LogP contribution in [0, 0.1) is 5.92 Å². The number of rotatable bonds is 2. The Kier molecular flexibility index (Phi) is 3.78. The van der Waals surface area contributed by atoms with Crippen molar-refractivity contribution in [3.8, 4) is 0 Å². The van der Waals surface area contributed by atoms with Gasteiger partial charge in [0.25, 0.3) is 0 Å². The van der Waals surface area contributed by atoms with Crippen LogP contribution in [0.15, 0.2) is 18.2 Å². The molecule has 0 spiro atoms. The van der Waals surface area contributed by atoms with Gasteiger partial charge < -0.3 is 15.4 Å². The summed E-state index contributed by atoms with van der Waals surface area (Å²) in [5.41, 5.74) is 7.06. The van der Waals surface area contributed by atoms with Crippen LogP contribution in [0.5, 0.6) is 0 Å². The van der Waals surface area contributed by atoms with Gasteiger partial charge in [-0.05, 0) is 31.5 Å². The number of nitrogen functional groups attached to an aromatic ring is 1. The van der Waals surface area contributed by atoms with E-state index >= 15 is 0 Å². The van der Waals surface area contributed by atoms with Crippen molar-refractivity contribution in [3.05, 3.63) is 23.2 Å². The van der Waals surface area contributed by atoms with E-state index in [1.807, 2.05) is 6.92 Å². The fourth-order valence-electron chi connectivity index (χ4n) is 2.19. The van der Waals surface area contributed by atoms with Crippen molar-refractivity contribution in [2.75, 3.05) is 24.3 Å². The summed E-state index contributed by atoms with van der Waals surface area (Å²) < 4.78 is 5.42. The number of anilines is 2. The minimum absolute atomic E-state index is 0.0216. The molecule has 0 aromatic heterocycles. The van der Waals surface area contributed by atoms with Crippen LogP contribution in [0.25, 0.3) is 0 Å². The van der Waals surface area contributed by atoms with E-state index in [9.17, 15) is 4.79 Å². The molecule has 0 aliphatic carbocycles. The lowest BCUT2D eigenvalue weighted by Gasteiger charge is -2.22. The molecule has 0 radical (unpaired) electrons. The van der Waals surface area contributed by atoms with Gasteiger partial charge in [0.15, 0.2) is 0 Å². The second kappa shape index (κ2) is 5.16. The van der Waals surface area contributed by atoms with Gasteiger partial charge in [-0.2, -0.15) is 0 Å². The molecular weight excluding hydrogens is 252 g/mol. The van der Waals surface area contributed by atoms with Crippen molar-refractivity contribution >= 4 is 28.9 Å². The molecule has 1 saturated heterocycles. The molecule has 1 aromatic carbocycles. The van der Waals surface area contributed by atoms with Crippen LogP contribution in [0.1, 0.15) is 13.3 Å². The SMILES string of the molecule is CC1CC(C(=O)N(C)c2cc(Cl)ccc2N)CO1. The van der Waals surface area contributed by atoms with Gasteiger partial charge in [0.2, 0.25) is 5.91 Å². The number of nitrogens with two attached hydrogens (primary N) is 1. The molecule has 1 amide bonds. The summed E-state index contributed by atoms with van der Waals surface area (Å²) in [6.07, 6.45) is 0.896. The summed E-state index contributed by atoms with van der Waals surface area (Å²) >= 11 is 5.93. The number of hydrogen-bond donors (Lipinski definition) is 1. The van der Waals surface area contributed by atoms with Crippen LogP contribution in [0.3, 0.4) is 0 Å². The van der Waals surface area contributed by atoms with E-state index in [4.69, 9.17) is 22.1 Å². The highest BCUT2D eigenvalue weighted by Gasteiger charge is 2.31. The van der Waals surface area contributed by atoms with Crippen LogP contribution in [-0.4, -0.2) is 25.7 Å². The van der Waals surface area contributed by atoms with E-state index in [1.54, 1.807) is 30.1 Å². The van der Waals surface area contributed by atoms with Crippen LogP contribution in [0.4, 0.5) is 11.4 Å². The second-order valence-electron chi connectivity index (χ2n) is 4.68. The zero-order valence-corrected chi connectivity index (χ0v) is 11.3. The molecule has 2 rings (SSSR count). The zero-order chi connectivity index (χ0) is 13.3. The Morgan fingerprint density at radius 1 is 1.56 bits per heavy atom. The van der Waals surface area contributed by atoms with Gasteiger partial charge in [-0.25, -0.2) is 0 Å². The Hall–Kier alpha value is -1.26. The summed E-state index contributed by atoms with van der Waals surface area (Å²) in [7, 11) is 1.72. The summed E-state index contributed by atoms with van der Waals surface area (Å²) in [4.78, 5) is 13.9. The lowest BCUT2D eigenvalue weighted by Crippen LogP contribution is -2.33. The molecule has 0 saturated carbocycles. The Morgan fingerprint density at radius 2 is 2.28 bits per heavy atom. The Labute approximate surface area is 112 Å². The first kappa shape index (κ1) is 13.2. The van der Waals surface area contributed by atoms with Crippen molar-refractivity contribution in [1.29, 1.82) is 0 Å². The minimum atomic E-state index is -0.0941. The number of carbonyl (C=O) groups excluding carboxylic acids is 1. The third-order valence-electron chi connectivity index (χ3n) is 3.23. The van der Waals surface area contributed by atoms with E-state index < -0.39 is 0 Å². The summed E-state index contributed by atoms with van der Waals surface area (Å²) in [6.45, 7) is 2.45. The summed E-state index contributed by atoms with van der Waals surface area (Å²) in [5.74, 6) is -0.0725. The first-order valence-corrected chi connectivity index (χ1v) is 6.31. The predicted octanol–water partition coefficient (Wildman–Crippen LogP) is 2.31. The van der Waals surface area contributed by atoms with Crippen molar-refractivity contribution in [2.45, 2.75) is 19.4 Å². The molecule has 0 bridgehead atoms. The smallest absolute Gasteiger partial charge is 0.232 e. The number of ether oxygens (including phenoxy) is 1. The first-order valence-electron chi connectivity index (χ1n) is 5.93. The van der Waals surface area contributed by atoms with Gasteiger partial charge in [0.05, 0.1) is 30.0 Å². The molecule has 18 heavy (non-hydrogen) atoms. The lowest BCUT2D eigenvalue weighted by atomic mass is 10.0. The number of nitrogens with zero attached hydrogens (tertiary/aromatic N) is 1. The summed E-state index contributed by atoms with van der Waals surface area (Å²) in [5, 5.41) is 0.565. The highest BCUT2D eigenvalue weighted by atomic mass is 35.5. The maximum atomic E-state index is 12.3. The Balaban J connectivity index is 2.17. The zero-order valence-electron chi connectivity index (χ0n) is 10.5. The number of carbonyl (C=O) groups is 1. The molecule has 1 aliphatic rings. The van der Waals surface area contributed by atoms with Crippen LogP contribution >= 0.6 is 11.6 Å². The third-order valence-corrected chi connectivity index (χ3v) is 3.47. The molecule has 2 atom stereocenters. The highest BCUT2D eigenvalue weighted by Crippen LogP contribution is 2.29. The first-order chi connectivity index (χ1) is 8.49. The number of halogens is 1. The standard InChI is InChI=1S/C13H17ClN2O2/c1-8-5-9(7-18-8)13(17)16(2)12-6-10(14)3-4-11(12)15/h3-4,6,8-9H,5,7,15H2,1-2H3. The topological polar surface area (TPSA) is 55.6 Å². The van der Waals surface area contributed by atoms with Gasteiger partial charge in [0, 0.05) is 12.1 Å². The summed E-state index contributed by atoms with van der Waals surface area (Å²) in [6, 6.07) is 5.11. The molecule has 2 N–H and O–H groups in total. The molecular formula is C13H17ClN2O2. The molecule has 4 nitrogen and oxygen atoms in total. The van der Waals surface area contributed by atoms with Gasteiger partial charge >= 0.3 is 0 Å². The van der Waals surface area contributed by atoms with E-state index in [1.165, 1.54) is 0 Å². The Bertz CT molecular complexity index is 464. The molecule has 2 unspecified atom stereocenters. The van der Waals surface area contributed by atoms with Crippen molar-refractivity contribution in [2.24, 2.45) is 5.92 Å². The number of hydrogen-bond acceptors (Lipinski definition) is 3. The van der Waals surface area contributed by atoms with E-state index in [-0.39, 0.29) is 17.9 Å². The fourth-order valence-corrected chi connectivity index (χ4v) is 2.36. The monoisotopic (exact) mass is 268 g/mol. The average Bonchev–Trinajstić information content (AvgIpc) is 2.77. The molecule has 1 aromatic rings. The predicted molar refractivity (Wildman–Crippen MR) is 72.8 cm³/mol. The molecule has 1 heterocycles. The normalized spacial score (nSPS) is 23.1. The van der Waals surface area contributed by atoms with Crippen LogP contribution in [-0.2, 0) is 9.53 Å². The average molecular weight is 269 g/mol. The highest BCUT2D eigenvalue weighted by molar-refractivity contribution is 6.31. The van der Waals surface area contributed by atoms with Gasteiger partial charge in [-0.3, -0.25) is 4.79 Å². The fraction of sp³-hybridized carbons (Fsp3) is 0.462. The molecule has 1 fully saturated rings. The third kappa shape index (κ3) is 2.60. The quantitative estimate of drug-likeness (QED) is 0.838. The maximum Gasteiger partial charge on any atom is 0.232 e. The Morgan fingerprint density at radius 3 is 2.89 bits per heavy atom. The number of amides is 1. The lowest BCUT2D eigenvalue weighted by molar-refractivity contribution is -0.122. The van der Waals surface area contributed by atoms with Crippen molar-refractivity contribution in [3.63, 3.8) is 0 Å². The molecule has 5 heteroatoms. The molecule has 1 aliphatic heterocycles.